The van der Waals surface area contributed by atoms with E-state index in [2.05, 4.69) is 0 Å². The van der Waals surface area contributed by atoms with E-state index < -0.39 is 5.79 Å². The van der Waals surface area contributed by atoms with Crippen molar-refractivity contribution in [3.8, 4) is 5.75 Å². The molecule has 5 nitrogen and oxygen atoms in total. The first-order valence-electron chi connectivity index (χ1n) is 7.79. The topological polar surface area (TPSA) is 48.0 Å². The second kappa shape index (κ2) is 6.09. The molecule has 1 saturated heterocycles. The Hall–Kier alpha value is -2.08. The number of carbonyl (C=O) groups excluding carboxylic acids is 1. The van der Waals surface area contributed by atoms with Gasteiger partial charge in [0.25, 0.3) is 11.7 Å². The highest BCUT2D eigenvalue weighted by Gasteiger charge is 2.55. The summed E-state index contributed by atoms with van der Waals surface area (Å²) in [6.07, 6.45) is 0. The number of ether oxygens (including phenoxy) is 3. The van der Waals surface area contributed by atoms with Gasteiger partial charge < -0.3 is 19.1 Å². The van der Waals surface area contributed by atoms with Crippen molar-refractivity contribution in [3.63, 3.8) is 0 Å². The van der Waals surface area contributed by atoms with Crippen LogP contribution in [-0.4, -0.2) is 32.3 Å². The molecule has 2 aliphatic heterocycles. The summed E-state index contributed by atoms with van der Waals surface area (Å²) < 4.78 is 17.1. The number of rotatable bonds is 4. The van der Waals surface area contributed by atoms with Crippen LogP contribution in [0.15, 0.2) is 48.5 Å². The summed E-state index contributed by atoms with van der Waals surface area (Å²) in [7, 11) is 0. The predicted octanol–water partition coefficient (Wildman–Crippen LogP) is 2.97. The maximum absolute atomic E-state index is 12.9. The van der Waals surface area contributed by atoms with Crippen LogP contribution in [0.25, 0.3) is 0 Å². The largest absolute Gasteiger partial charge is 0.490 e. The highest BCUT2D eigenvalue weighted by molar-refractivity contribution is 6.32. The first-order valence-corrected chi connectivity index (χ1v) is 8.17. The van der Waals surface area contributed by atoms with Crippen LogP contribution in [-0.2, 0) is 20.1 Å². The quantitative estimate of drug-likeness (QED) is 0.854. The van der Waals surface area contributed by atoms with E-state index in [1.54, 1.807) is 17.0 Å². The van der Waals surface area contributed by atoms with Crippen LogP contribution in [0, 0.1) is 0 Å². The molecule has 6 heteroatoms. The average Bonchev–Trinajstić information content (AvgIpc) is 3.18. The first kappa shape index (κ1) is 15.4. The molecule has 124 valence electrons. The lowest BCUT2D eigenvalue weighted by Gasteiger charge is -2.22. The standard InChI is InChI=1S/C18H16ClNO4/c19-14-6-2-4-8-16(14)22-10-9-20-15-7-3-1-5-13(15)18(17(20)21)23-11-12-24-18/h1-8H,9-12H2. The van der Waals surface area contributed by atoms with Crippen LogP contribution in [0.3, 0.4) is 0 Å². The van der Waals surface area contributed by atoms with Crippen molar-refractivity contribution in [2.75, 3.05) is 31.3 Å². The van der Waals surface area contributed by atoms with Crippen LogP contribution in [0.1, 0.15) is 5.56 Å². The van der Waals surface area contributed by atoms with Crippen molar-refractivity contribution in [3.05, 3.63) is 59.1 Å². The highest BCUT2D eigenvalue weighted by Crippen LogP contribution is 2.45. The third kappa shape index (κ3) is 2.36. The number of amides is 1. The smallest absolute Gasteiger partial charge is 0.292 e. The van der Waals surface area contributed by atoms with Crippen molar-refractivity contribution < 1.29 is 19.0 Å². The lowest BCUT2D eigenvalue weighted by molar-refractivity contribution is -0.180. The molecular formula is C18H16ClNO4. The van der Waals surface area contributed by atoms with Gasteiger partial charge in [-0.15, -0.1) is 0 Å². The van der Waals surface area contributed by atoms with Gasteiger partial charge >= 0.3 is 0 Å². The molecule has 0 aliphatic carbocycles. The Morgan fingerprint density at radius 3 is 2.58 bits per heavy atom. The predicted molar refractivity (Wildman–Crippen MR) is 89.3 cm³/mol. The van der Waals surface area contributed by atoms with Crippen LogP contribution < -0.4 is 9.64 Å². The van der Waals surface area contributed by atoms with Gasteiger partial charge in [0.15, 0.2) is 0 Å². The number of carbonyl (C=O) groups is 1. The molecule has 2 aliphatic rings. The molecule has 0 saturated carbocycles. The summed E-state index contributed by atoms with van der Waals surface area (Å²) >= 11 is 6.08. The Labute approximate surface area is 144 Å². The molecule has 0 N–H and O–H groups in total. The SMILES string of the molecule is O=C1N(CCOc2ccccc2Cl)c2ccccc2C12OCCO2. The average molecular weight is 346 g/mol. The van der Waals surface area contributed by atoms with E-state index in [-0.39, 0.29) is 5.91 Å². The number of nitrogens with zero attached hydrogens (tertiary/aromatic N) is 1. The molecule has 0 unspecified atom stereocenters. The van der Waals surface area contributed by atoms with Gasteiger partial charge in [-0.2, -0.15) is 0 Å². The van der Waals surface area contributed by atoms with Crippen LogP contribution in [0.2, 0.25) is 5.02 Å². The third-order valence-electron chi connectivity index (χ3n) is 4.18. The Balaban J connectivity index is 1.53. The van der Waals surface area contributed by atoms with Gasteiger partial charge in [0.1, 0.15) is 12.4 Å². The molecule has 2 aromatic carbocycles. The molecule has 0 bridgehead atoms. The molecular weight excluding hydrogens is 330 g/mol. The van der Waals surface area contributed by atoms with Crippen LogP contribution >= 0.6 is 11.6 Å². The fourth-order valence-corrected chi connectivity index (χ4v) is 3.30. The molecule has 0 aromatic heterocycles. The van der Waals surface area contributed by atoms with Gasteiger partial charge in [0.05, 0.1) is 30.5 Å². The minimum atomic E-state index is -1.29. The number of hydrogen-bond donors (Lipinski definition) is 0. The maximum atomic E-state index is 12.9. The van der Waals surface area contributed by atoms with Crippen LogP contribution in [0.4, 0.5) is 5.69 Å². The molecule has 1 spiro atoms. The zero-order chi connectivity index (χ0) is 16.6. The van der Waals surface area contributed by atoms with E-state index in [1.807, 2.05) is 36.4 Å². The van der Waals surface area contributed by atoms with Crippen molar-refractivity contribution in [2.24, 2.45) is 0 Å². The van der Waals surface area contributed by atoms with Gasteiger partial charge in [-0.05, 0) is 18.2 Å². The summed E-state index contributed by atoms with van der Waals surface area (Å²) in [5.41, 5.74) is 1.55. The van der Waals surface area contributed by atoms with Crippen molar-refractivity contribution in [2.45, 2.75) is 5.79 Å². The zero-order valence-electron chi connectivity index (χ0n) is 12.9. The summed E-state index contributed by atoms with van der Waals surface area (Å²) in [6, 6.07) is 14.8. The van der Waals surface area contributed by atoms with Crippen LogP contribution in [0.5, 0.6) is 5.75 Å². The van der Waals surface area contributed by atoms with Crippen molar-refractivity contribution in [1.29, 1.82) is 0 Å². The van der Waals surface area contributed by atoms with Crippen molar-refractivity contribution >= 4 is 23.2 Å². The number of halogens is 1. The molecule has 0 radical (unpaired) electrons. The lowest BCUT2D eigenvalue weighted by Crippen LogP contribution is -2.42. The molecule has 2 aromatic rings. The summed E-state index contributed by atoms with van der Waals surface area (Å²) in [6.45, 7) is 1.52. The number of para-hydroxylation sites is 2. The number of fused-ring (bicyclic) bond motifs is 2. The maximum Gasteiger partial charge on any atom is 0.292 e. The Bertz CT molecular complexity index is 773. The normalized spacial score (nSPS) is 18.2. The molecule has 4 rings (SSSR count). The molecule has 0 atom stereocenters. The molecule has 1 amide bonds. The molecule has 24 heavy (non-hydrogen) atoms. The van der Waals surface area contributed by atoms with E-state index in [9.17, 15) is 4.79 Å². The molecule has 2 heterocycles. The number of benzene rings is 2. The lowest BCUT2D eigenvalue weighted by atomic mass is 10.1. The summed E-state index contributed by atoms with van der Waals surface area (Å²) in [5.74, 6) is -0.896. The molecule has 1 fully saturated rings. The second-order valence-corrected chi connectivity index (χ2v) is 5.97. The van der Waals surface area contributed by atoms with E-state index in [0.29, 0.717) is 37.1 Å². The van der Waals surface area contributed by atoms with E-state index >= 15 is 0 Å². The third-order valence-corrected chi connectivity index (χ3v) is 4.49. The second-order valence-electron chi connectivity index (χ2n) is 5.57. The minimum Gasteiger partial charge on any atom is -0.490 e. The Morgan fingerprint density at radius 2 is 1.79 bits per heavy atom. The number of hydrogen-bond acceptors (Lipinski definition) is 4. The van der Waals surface area contributed by atoms with Gasteiger partial charge in [0, 0.05) is 5.56 Å². The van der Waals surface area contributed by atoms with E-state index in [1.165, 1.54) is 0 Å². The monoisotopic (exact) mass is 345 g/mol. The fraction of sp³-hybridized carbons (Fsp3) is 0.278. The highest BCUT2D eigenvalue weighted by atomic mass is 35.5. The Kier molecular flexibility index (Phi) is 3.92. The first-order chi connectivity index (χ1) is 11.7. The zero-order valence-corrected chi connectivity index (χ0v) is 13.7. The summed E-state index contributed by atoms with van der Waals surface area (Å²) in [5, 5.41) is 0.546. The van der Waals surface area contributed by atoms with E-state index in [0.717, 1.165) is 11.3 Å². The fourth-order valence-electron chi connectivity index (χ4n) is 3.11. The Morgan fingerprint density at radius 1 is 1.08 bits per heavy atom. The van der Waals surface area contributed by atoms with Gasteiger partial charge in [0.2, 0.25) is 0 Å². The summed E-state index contributed by atoms with van der Waals surface area (Å²) in [4.78, 5) is 14.5. The van der Waals surface area contributed by atoms with E-state index in [4.69, 9.17) is 25.8 Å². The van der Waals surface area contributed by atoms with Gasteiger partial charge in [-0.3, -0.25) is 4.79 Å². The minimum absolute atomic E-state index is 0.205. The van der Waals surface area contributed by atoms with Crippen molar-refractivity contribution in [1.82, 2.24) is 0 Å². The van der Waals surface area contributed by atoms with Gasteiger partial charge in [-0.1, -0.05) is 41.9 Å². The number of anilines is 1. The van der Waals surface area contributed by atoms with Gasteiger partial charge in [-0.25, -0.2) is 0 Å².